The Labute approximate surface area is 163 Å². The predicted octanol–water partition coefficient (Wildman–Crippen LogP) is 0.771. The average Bonchev–Trinajstić information content (AvgIpc) is 3.21. The van der Waals surface area contributed by atoms with Crippen LogP contribution in [0.4, 0.5) is 0 Å². The van der Waals surface area contributed by atoms with Gasteiger partial charge in [-0.2, -0.15) is 0 Å². The Morgan fingerprint density at radius 1 is 1.04 bits per heavy atom. The number of piperazine rings is 1. The van der Waals surface area contributed by atoms with Gasteiger partial charge in [0.05, 0.1) is 0 Å². The number of carbonyl (C=O) groups excluding carboxylic acids is 2. The van der Waals surface area contributed by atoms with E-state index in [1.54, 1.807) is 23.4 Å². The van der Waals surface area contributed by atoms with E-state index in [9.17, 15) is 9.59 Å². The first kappa shape index (κ1) is 18.2. The molecule has 8 heteroatoms. The van der Waals surface area contributed by atoms with Crippen molar-refractivity contribution in [2.75, 3.05) is 33.0 Å². The molecular weight excluding hydrogens is 360 g/mol. The van der Waals surface area contributed by atoms with Crippen LogP contribution < -0.4 is 14.8 Å². The largest absolute Gasteiger partial charge is 0.454 e. The molecule has 0 spiro atoms. The lowest BCUT2D eigenvalue weighted by Crippen LogP contribution is -2.52. The van der Waals surface area contributed by atoms with Crippen LogP contribution in [0.25, 0.3) is 0 Å². The fourth-order valence-corrected chi connectivity index (χ4v) is 3.31. The smallest absolute Gasteiger partial charge is 0.311 e. The molecule has 1 saturated heterocycles. The van der Waals surface area contributed by atoms with E-state index in [1.807, 2.05) is 24.3 Å². The SMILES string of the molecule is O=C(NCc1cccnc1)C(=O)N1CCN(Cc2ccc3c(c2)OCO3)CC1. The number of benzene rings is 1. The van der Waals surface area contributed by atoms with Crippen LogP contribution in [-0.4, -0.2) is 59.6 Å². The molecule has 2 amide bonds. The van der Waals surface area contributed by atoms with E-state index in [0.29, 0.717) is 19.6 Å². The van der Waals surface area contributed by atoms with E-state index >= 15 is 0 Å². The minimum atomic E-state index is -0.576. The molecule has 0 atom stereocenters. The van der Waals surface area contributed by atoms with E-state index in [4.69, 9.17) is 9.47 Å². The number of pyridine rings is 1. The molecule has 2 aliphatic rings. The van der Waals surface area contributed by atoms with Crippen LogP contribution in [0.15, 0.2) is 42.7 Å². The summed E-state index contributed by atoms with van der Waals surface area (Å²) in [5.74, 6) is 0.493. The van der Waals surface area contributed by atoms with Gasteiger partial charge in [0.1, 0.15) is 0 Å². The maximum Gasteiger partial charge on any atom is 0.311 e. The summed E-state index contributed by atoms with van der Waals surface area (Å²) in [6.45, 7) is 3.83. The molecule has 0 radical (unpaired) electrons. The van der Waals surface area contributed by atoms with Gasteiger partial charge >= 0.3 is 11.8 Å². The monoisotopic (exact) mass is 382 g/mol. The lowest BCUT2D eigenvalue weighted by atomic mass is 10.1. The number of carbonyl (C=O) groups is 2. The van der Waals surface area contributed by atoms with Crippen molar-refractivity contribution in [1.29, 1.82) is 0 Å². The van der Waals surface area contributed by atoms with Gasteiger partial charge in [0.25, 0.3) is 0 Å². The molecule has 0 unspecified atom stereocenters. The molecule has 1 aromatic heterocycles. The average molecular weight is 382 g/mol. The molecule has 3 heterocycles. The molecule has 0 saturated carbocycles. The Hall–Kier alpha value is -3.13. The van der Waals surface area contributed by atoms with Crippen molar-refractivity contribution >= 4 is 11.8 Å². The van der Waals surface area contributed by atoms with Crippen LogP contribution in [0.3, 0.4) is 0 Å². The Kier molecular flexibility index (Phi) is 5.38. The molecule has 1 aromatic carbocycles. The summed E-state index contributed by atoms with van der Waals surface area (Å²) >= 11 is 0. The first-order chi connectivity index (χ1) is 13.7. The zero-order chi connectivity index (χ0) is 19.3. The number of amides is 2. The highest BCUT2D eigenvalue weighted by Gasteiger charge is 2.26. The van der Waals surface area contributed by atoms with Crippen molar-refractivity contribution in [2.24, 2.45) is 0 Å². The second-order valence-corrected chi connectivity index (χ2v) is 6.80. The number of nitrogens with one attached hydrogen (secondary N) is 1. The third-order valence-corrected chi connectivity index (χ3v) is 4.87. The summed E-state index contributed by atoms with van der Waals surface area (Å²) in [6.07, 6.45) is 3.33. The second-order valence-electron chi connectivity index (χ2n) is 6.80. The maximum atomic E-state index is 12.4. The van der Waals surface area contributed by atoms with Crippen molar-refractivity contribution < 1.29 is 19.1 Å². The summed E-state index contributed by atoms with van der Waals surface area (Å²) in [4.78, 5) is 32.4. The lowest BCUT2D eigenvalue weighted by molar-refractivity contribution is -0.147. The first-order valence-electron chi connectivity index (χ1n) is 9.26. The quantitative estimate of drug-likeness (QED) is 0.787. The molecule has 1 fully saturated rings. The molecule has 0 aliphatic carbocycles. The van der Waals surface area contributed by atoms with Gasteiger partial charge in [-0.1, -0.05) is 12.1 Å². The number of nitrogens with zero attached hydrogens (tertiary/aromatic N) is 3. The fraction of sp³-hybridized carbons (Fsp3) is 0.350. The zero-order valence-electron chi connectivity index (χ0n) is 15.5. The van der Waals surface area contributed by atoms with Gasteiger partial charge < -0.3 is 19.7 Å². The predicted molar refractivity (Wildman–Crippen MR) is 101 cm³/mol. The normalized spacial score (nSPS) is 16.1. The molecule has 146 valence electrons. The highest BCUT2D eigenvalue weighted by atomic mass is 16.7. The van der Waals surface area contributed by atoms with Gasteiger partial charge in [0.2, 0.25) is 6.79 Å². The molecule has 4 rings (SSSR count). The molecule has 28 heavy (non-hydrogen) atoms. The van der Waals surface area contributed by atoms with Gasteiger partial charge in [-0.25, -0.2) is 0 Å². The van der Waals surface area contributed by atoms with Crippen LogP contribution in [0, 0.1) is 0 Å². The van der Waals surface area contributed by atoms with Gasteiger partial charge in [0, 0.05) is 51.7 Å². The van der Waals surface area contributed by atoms with E-state index in [1.165, 1.54) is 0 Å². The third kappa shape index (κ3) is 4.23. The van der Waals surface area contributed by atoms with E-state index in [0.717, 1.165) is 42.3 Å². The van der Waals surface area contributed by atoms with Crippen molar-refractivity contribution in [3.05, 3.63) is 53.9 Å². The van der Waals surface area contributed by atoms with Gasteiger partial charge in [-0.3, -0.25) is 19.5 Å². The highest BCUT2D eigenvalue weighted by Crippen LogP contribution is 2.32. The third-order valence-electron chi connectivity index (χ3n) is 4.87. The molecule has 8 nitrogen and oxygen atoms in total. The fourth-order valence-electron chi connectivity index (χ4n) is 3.31. The minimum absolute atomic E-state index is 0.266. The van der Waals surface area contributed by atoms with Gasteiger partial charge in [-0.15, -0.1) is 0 Å². The van der Waals surface area contributed by atoms with Crippen LogP contribution >= 0.6 is 0 Å². The molecule has 2 aromatic rings. The Bertz CT molecular complexity index is 851. The maximum absolute atomic E-state index is 12.4. The minimum Gasteiger partial charge on any atom is -0.454 e. The summed E-state index contributed by atoms with van der Waals surface area (Å²) in [5.41, 5.74) is 2.00. The van der Waals surface area contributed by atoms with E-state index < -0.39 is 11.8 Å². The second kappa shape index (κ2) is 8.26. The standard InChI is InChI=1S/C20H22N4O4/c25-19(22-12-16-2-1-5-21-11-16)20(26)24-8-6-23(7-9-24)13-15-3-4-17-18(10-15)28-14-27-17/h1-5,10-11H,6-9,12-14H2,(H,22,25). The number of fused-ring (bicyclic) bond motifs is 1. The topological polar surface area (TPSA) is 84.0 Å². The summed E-state index contributed by atoms with van der Waals surface area (Å²) in [7, 11) is 0. The van der Waals surface area contributed by atoms with Crippen molar-refractivity contribution in [1.82, 2.24) is 20.1 Å². The summed E-state index contributed by atoms with van der Waals surface area (Å²) in [6, 6.07) is 9.59. The Morgan fingerprint density at radius 3 is 2.64 bits per heavy atom. The van der Waals surface area contributed by atoms with Gasteiger partial charge in [0.15, 0.2) is 11.5 Å². The number of rotatable bonds is 4. The summed E-state index contributed by atoms with van der Waals surface area (Å²) in [5, 5.41) is 2.66. The van der Waals surface area contributed by atoms with E-state index in [2.05, 4.69) is 15.2 Å². The lowest BCUT2D eigenvalue weighted by Gasteiger charge is -2.34. The van der Waals surface area contributed by atoms with E-state index in [-0.39, 0.29) is 6.79 Å². The first-order valence-corrected chi connectivity index (χ1v) is 9.26. The number of ether oxygens (including phenoxy) is 2. The number of hydrogen-bond acceptors (Lipinski definition) is 6. The molecule has 2 aliphatic heterocycles. The van der Waals surface area contributed by atoms with Crippen molar-refractivity contribution in [3.8, 4) is 11.5 Å². The number of hydrogen-bond donors (Lipinski definition) is 1. The number of aromatic nitrogens is 1. The highest BCUT2D eigenvalue weighted by molar-refractivity contribution is 6.35. The molecular formula is C20H22N4O4. The van der Waals surface area contributed by atoms with Crippen molar-refractivity contribution in [3.63, 3.8) is 0 Å². The zero-order valence-corrected chi connectivity index (χ0v) is 15.5. The van der Waals surface area contributed by atoms with Crippen molar-refractivity contribution in [2.45, 2.75) is 13.1 Å². The van der Waals surface area contributed by atoms with Gasteiger partial charge in [-0.05, 0) is 29.3 Å². The Balaban J connectivity index is 1.24. The summed E-state index contributed by atoms with van der Waals surface area (Å²) < 4.78 is 10.7. The van der Waals surface area contributed by atoms with Crippen LogP contribution in [0.2, 0.25) is 0 Å². The molecule has 1 N–H and O–H groups in total. The Morgan fingerprint density at radius 2 is 1.86 bits per heavy atom. The van der Waals surface area contributed by atoms with Crippen LogP contribution in [0.5, 0.6) is 11.5 Å². The van der Waals surface area contributed by atoms with Crippen LogP contribution in [0.1, 0.15) is 11.1 Å². The molecule has 0 bridgehead atoms. The van der Waals surface area contributed by atoms with Crippen LogP contribution in [-0.2, 0) is 22.7 Å².